The lowest BCUT2D eigenvalue weighted by molar-refractivity contribution is 1.18. The van der Waals surface area contributed by atoms with Crippen LogP contribution in [-0.2, 0) is 0 Å². The molecule has 16 aromatic rings. The van der Waals surface area contributed by atoms with Crippen molar-refractivity contribution in [2.45, 2.75) is 0 Å². The van der Waals surface area contributed by atoms with E-state index in [0.29, 0.717) is 0 Å². The predicted octanol–water partition coefficient (Wildman–Crippen LogP) is 21.2. The van der Waals surface area contributed by atoms with E-state index in [4.69, 9.17) is 9.97 Å². The second-order valence-electron chi connectivity index (χ2n) is 21.7. The smallest absolute Gasteiger partial charge is 0.0973 e. The Morgan fingerprint density at radius 2 is 0.452 bits per heavy atom. The molecule has 0 aliphatic carbocycles. The molecule has 0 aliphatic rings. The second kappa shape index (κ2) is 20.4. The summed E-state index contributed by atoms with van der Waals surface area (Å²) < 4.78 is 4.80. The quantitative estimate of drug-likeness (QED) is 0.137. The van der Waals surface area contributed by atoms with E-state index in [2.05, 4.69) is 312 Å². The Morgan fingerprint density at radius 1 is 0.190 bits per heavy atom. The average Bonchev–Trinajstić information content (AvgIpc) is 3.29. The summed E-state index contributed by atoms with van der Waals surface area (Å²) in [6, 6.07) is 114. The SMILES string of the molecule is c1ccc(-c2ccc(-c3cc(-n4c5ccccc5c5ccccc54)ccc3-c3ccc(-c4nc5ccccc5nc4-c4ccc(-c5ccc(-n6c7ccccc7c7ccccc76)cc5-c5ccc(-c6ccccc6)cc5)cc4)cc3)cc2)cc1. The van der Waals surface area contributed by atoms with Gasteiger partial charge in [0.2, 0.25) is 0 Å². The number of benzene rings is 13. The van der Waals surface area contributed by atoms with Crippen molar-refractivity contribution in [2.75, 3.05) is 0 Å². The molecule has 4 heteroatoms. The number of hydrogen-bond donors (Lipinski definition) is 0. The number of nitrogens with zero attached hydrogens (tertiary/aromatic N) is 4. The van der Waals surface area contributed by atoms with Crippen LogP contribution in [0, 0.1) is 0 Å². The fraction of sp³-hybridized carbons (Fsp3) is 0. The minimum atomic E-state index is 0.834. The molecule has 0 aliphatic heterocycles. The predicted molar refractivity (Wildman–Crippen MR) is 352 cm³/mol. The third-order valence-corrected chi connectivity index (χ3v) is 16.8. The molecule has 3 heterocycles. The summed E-state index contributed by atoms with van der Waals surface area (Å²) in [6.07, 6.45) is 0. The van der Waals surface area contributed by atoms with E-state index in [1.165, 1.54) is 65.9 Å². The Kier molecular flexibility index (Phi) is 11.8. The summed E-state index contributed by atoms with van der Waals surface area (Å²) in [6.45, 7) is 0. The third-order valence-electron chi connectivity index (χ3n) is 16.8. The van der Waals surface area contributed by atoms with Crippen molar-refractivity contribution >= 4 is 54.6 Å². The molecule has 0 bridgehead atoms. The lowest BCUT2D eigenvalue weighted by atomic mass is 9.91. The minimum Gasteiger partial charge on any atom is -0.309 e. The van der Waals surface area contributed by atoms with Crippen molar-refractivity contribution in [3.8, 4) is 101 Å². The van der Waals surface area contributed by atoms with Gasteiger partial charge in [0.1, 0.15) is 0 Å². The Hall–Kier alpha value is -11.2. The molecule has 0 saturated carbocycles. The Morgan fingerprint density at radius 3 is 0.798 bits per heavy atom. The molecule has 0 fully saturated rings. The molecule has 0 N–H and O–H groups in total. The van der Waals surface area contributed by atoms with E-state index in [9.17, 15) is 0 Å². The summed E-state index contributed by atoms with van der Waals surface area (Å²) >= 11 is 0. The molecule has 0 atom stereocenters. The van der Waals surface area contributed by atoms with Gasteiger partial charge in [-0.05, 0) is 127 Å². The van der Waals surface area contributed by atoms with Crippen LogP contribution in [0.2, 0.25) is 0 Å². The molecule has 0 amide bonds. The van der Waals surface area contributed by atoms with Crippen LogP contribution in [0.5, 0.6) is 0 Å². The monoisotopic (exact) mass is 1070 g/mol. The van der Waals surface area contributed by atoms with E-state index in [-0.39, 0.29) is 0 Å². The maximum absolute atomic E-state index is 5.39. The highest BCUT2D eigenvalue weighted by Gasteiger charge is 2.20. The van der Waals surface area contributed by atoms with Crippen LogP contribution in [0.25, 0.3) is 155 Å². The zero-order chi connectivity index (χ0) is 55.5. The van der Waals surface area contributed by atoms with Crippen molar-refractivity contribution in [1.82, 2.24) is 19.1 Å². The molecule has 0 radical (unpaired) electrons. The summed E-state index contributed by atoms with van der Waals surface area (Å²) in [5.74, 6) is 0. The first-order valence-corrected chi connectivity index (χ1v) is 28.7. The Balaban J connectivity index is 0.789. The summed E-state index contributed by atoms with van der Waals surface area (Å²) in [4.78, 5) is 10.8. The fourth-order valence-corrected chi connectivity index (χ4v) is 12.7. The van der Waals surface area contributed by atoms with E-state index in [0.717, 1.165) is 89.4 Å². The van der Waals surface area contributed by atoms with Gasteiger partial charge in [0.15, 0.2) is 0 Å². The van der Waals surface area contributed by atoms with Crippen LogP contribution < -0.4 is 0 Å². The van der Waals surface area contributed by atoms with Crippen LogP contribution >= 0.6 is 0 Å². The summed E-state index contributed by atoms with van der Waals surface area (Å²) in [5.41, 5.74) is 26.2. The fourth-order valence-electron chi connectivity index (χ4n) is 12.7. The molecule has 0 spiro atoms. The van der Waals surface area contributed by atoms with Gasteiger partial charge in [-0.3, -0.25) is 0 Å². The van der Waals surface area contributed by atoms with Gasteiger partial charge in [-0.25, -0.2) is 9.97 Å². The van der Waals surface area contributed by atoms with Gasteiger partial charge in [0, 0.05) is 44.0 Å². The van der Waals surface area contributed by atoms with Crippen LogP contribution in [0.1, 0.15) is 0 Å². The maximum Gasteiger partial charge on any atom is 0.0973 e. The molecule has 16 rings (SSSR count). The Bertz CT molecular complexity index is 4700. The lowest BCUT2D eigenvalue weighted by Crippen LogP contribution is -1.97. The molecule has 4 nitrogen and oxygen atoms in total. The zero-order valence-electron chi connectivity index (χ0n) is 45.8. The molecule has 84 heavy (non-hydrogen) atoms. The number of hydrogen-bond acceptors (Lipinski definition) is 2. The highest BCUT2D eigenvalue weighted by Crippen LogP contribution is 2.42. The third kappa shape index (κ3) is 8.47. The molecule has 392 valence electrons. The molecular formula is C80H52N4. The van der Waals surface area contributed by atoms with E-state index >= 15 is 0 Å². The average molecular weight is 1070 g/mol. The largest absolute Gasteiger partial charge is 0.309 e. The first-order chi connectivity index (χ1) is 41.6. The van der Waals surface area contributed by atoms with Gasteiger partial charge in [-0.2, -0.15) is 0 Å². The van der Waals surface area contributed by atoms with Crippen LogP contribution in [0.4, 0.5) is 0 Å². The number of aromatic nitrogens is 4. The first kappa shape index (κ1) is 48.7. The van der Waals surface area contributed by atoms with E-state index in [1.54, 1.807) is 0 Å². The van der Waals surface area contributed by atoms with Gasteiger partial charge in [-0.1, -0.05) is 255 Å². The summed E-state index contributed by atoms with van der Waals surface area (Å²) in [5, 5.41) is 4.96. The number of rotatable bonds is 10. The van der Waals surface area contributed by atoms with Gasteiger partial charge in [-0.15, -0.1) is 0 Å². The molecule has 13 aromatic carbocycles. The van der Waals surface area contributed by atoms with E-state index < -0.39 is 0 Å². The van der Waals surface area contributed by atoms with Crippen molar-refractivity contribution < 1.29 is 0 Å². The van der Waals surface area contributed by atoms with Crippen LogP contribution in [0.15, 0.2) is 315 Å². The molecule has 3 aromatic heterocycles. The maximum atomic E-state index is 5.39. The minimum absolute atomic E-state index is 0.834. The van der Waals surface area contributed by atoms with Crippen molar-refractivity contribution in [2.24, 2.45) is 0 Å². The zero-order valence-corrected chi connectivity index (χ0v) is 45.8. The van der Waals surface area contributed by atoms with Gasteiger partial charge in [0.25, 0.3) is 0 Å². The number of para-hydroxylation sites is 6. The highest BCUT2D eigenvalue weighted by molar-refractivity contribution is 6.10. The van der Waals surface area contributed by atoms with Crippen LogP contribution in [0.3, 0.4) is 0 Å². The van der Waals surface area contributed by atoms with Crippen LogP contribution in [-0.4, -0.2) is 19.1 Å². The van der Waals surface area contributed by atoms with Crippen molar-refractivity contribution in [1.29, 1.82) is 0 Å². The van der Waals surface area contributed by atoms with Crippen molar-refractivity contribution in [3.05, 3.63) is 315 Å². The Labute approximate surface area is 487 Å². The normalized spacial score (nSPS) is 11.6. The van der Waals surface area contributed by atoms with Gasteiger partial charge >= 0.3 is 0 Å². The topological polar surface area (TPSA) is 35.6 Å². The molecule has 0 saturated heterocycles. The second-order valence-corrected chi connectivity index (χ2v) is 21.7. The lowest BCUT2D eigenvalue weighted by Gasteiger charge is -2.17. The molecular weight excluding hydrogens is 1020 g/mol. The van der Waals surface area contributed by atoms with E-state index in [1.807, 2.05) is 12.1 Å². The van der Waals surface area contributed by atoms with Crippen molar-refractivity contribution in [3.63, 3.8) is 0 Å². The standard InChI is InChI=1S/C80H52N4/c1-3-17-53(18-4-1)55-31-35-59(36-32-55)71-51-63(83-75-27-13-7-21-67(75)68-22-8-14-28-76(68)83)47-49-65(71)57-39-43-61(44-40-57)79-80(82-74-26-12-11-25-73(74)81-79)62-45-41-58(42-46-62)66-50-48-64(84-77-29-15-9-23-69(77)70-24-10-16-30-78(70)84)52-72(66)60-37-33-56(34-38-60)54-19-5-2-6-20-54/h1-52H. The number of fused-ring (bicyclic) bond motifs is 7. The first-order valence-electron chi connectivity index (χ1n) is 28.7. The van der Waals surface area contributed by atoms with Gasteiger partial charge < -0.3 is 9.13 Å². The highest BCUT2D eigenvalue weighted by atomic mass is 15.0. The molecule has 0 unspecified atom stereocenters. The van der Waals surface area contributed by atoms with Gasteiger partial charge in [0.05, 0.1) is 44.5 Å². The summed E-state index contributed by atoms with van der Waals surface area (Å²) in [7, 11) is 0.